The summed E-state index contributed by atoms with van der Waals surface area (Å²) in [7, 11) is 0. The highest BCUT2D eigenvalue weighted by Gasteiger charge is 2.29. The van der Waals surface area contributed by atoms with Gasteiger partial charge in [0.1, 0.15) is 0 Å². The lowest BCUT2D eigenvalue weighted by atomic mass is 9.92. The number of hydrogen-bond donors (Lipinski definition) is 2. The molecule has 4 aromatic rings. The molecule has 1 aromatic heterocycles. The van der Waals surface area contributed by atoms with Gasteiger partial charge in [-0.1, -0.05) is 66.7 Å². The summed E-state index contributed by atoms with van der Waals surface area (Å²) >= 11 is 0. The summed E-state index contributed by atoms with van der Waals surface area (Å²) in [5.41, 5.74) is 7.34. The first-order valence-electron chi connectivity index (χ1n) is 12.8. The third kappa shape index (κ3) is 4.75. The van der Waals surface area contributed by atoms with Gasteiger partial charge in [-0.3, -0.25) is 14.8 Å². The number of nitrogens with one attached hydrogen (secondary N) is 2. The van der Waals surface area contributed by atoms with E-state index in [4.69, 9.17) is 0 Å². The second kappa shape index (κ2) is 9.96. The number of fused-ring (bicyclic) bond motifs is 1. The van der Waals surface area contributed by atoms with E-state index in [1.54, 1.807) is 0 Å². The van der Waals surface area contributed by atoms with Gasteiger partial charge >= 0.3 is 0 Å². The molecule has 0 spiro atoms. The average Bonchev–Trinajstić information content (AvgIpc) is 3.65. The van der Waals surface area contributed by atoms with Gasteiger partial charge in [0.05, 0.1) is 11.2 Å². The van der Waals surface area contributed by atoms with E-state index in [0.29, 0.717) is 6.54 Å². The zero-order valence-electron chi connectivity index (χ0n) is 20.3. The Morgan fingerprint density at radius 1 is 0.917 bits per heavy atom. The van der Waals surface area contributed by atoms with Crippen LogP contribution in [0.3, 0.4) is 0 Å². The van der Waals surface area contributed by atoms with Gasteiger partial charge in [0.2, 0.25) is 5.91 Å². The van der Waals surface area contributed by atoms with Crippen LogP contribution in [-0.2, 0) is 11.3 Å². The number of carbonyl (C=O) groups is 1. The Bertz CT molecular complexity index is 1430. The maximum atomic E-state index is 12.5. The van der Waals surface area contributed by atoms with Crippen LogP contribution in [0.15, 0.2) is 78.4 Å². The lowest BCUT2D eigenvalue weighted by Crippen LogP contribution is -2.18. The van der Waals surface area contributed by atoms with E-state index < -0.39 is 0 Å². The summed E-state index contributed by atoms with van der Waals surface area (Å²) in [4.78, 5) is 15.1. The molecule has 3 aromatic carbocycles. The van der Waals surface area contributed by atoms with Crippen LogP contribution in [0.2, 0.25) is 0 Å². The van der Waals surface area contributed by atoms with E-state index in [-0.39, 0.29) is 11.8 Å². The van der Waals surface area contributed by atoms with Crippen LogP contribution in [0.5, 0.6) is 0 Å². The fourth-order valence-electron chi connectivity index (χ4n) is 5.28. The number of benzene rings is 3. The van der Waals surface area contributed by atoms with Gasteiger partial charge < -0.3 is 5.32 Å². The Labute approximate surface area is 211 Å². The van der Waals surface area contributed by atoms with Crippen LogP contribution in [0.1, 0.15) is 46.7 Å². The topological polar surface area (TPSA) is 61.0 Å². The van der Waals surface area contributed by atoms with Gasteiger partial charge in [-0.2, -0.15) is 5.10 Å². The molecule has 5 heteroatoms. The molecule has 2 fully saturated rings. The average molecular weight is 475 g/mol. The quantitative estimate of drug-likeness (QED) is 0.356. The third-order valence-electron chi connectivity index (χ3n) is 7.26. The molecule has 180 valence electrons. The number of amides is 1. The van der Waals surface area contributed by atoms with E-state index >= 15 is 0 Å². The maximum Gasteiger partial charge on any atom is 0.247 e. The van der Waals surface area contributed by atoms with Crippen LogP contribution in [0, 0.1) is 0 Å². The Hall–Kier alpha value is -3.96. The number of aromatic nitrogens is 2. The first-order chi connectivity index (χ1) is 17.7. The molecule has 36 heavy (non-hydrogen) atoms. The number of H-pyrrole nitrogens is 1. The van der Waals surface area contributed by atoms with Crippen LogP contribution in [-0.4, -0.2) is 40.6 Å². The number of aromatic amines is 1. The van der Waals surface area contributed by atoms with Crippen LogP contribution < -0.4 is 5.32 Å². The molecule has 2 aliphatic heterocycles. The lowest BCUT2D eigenvalue weighted by Gasteiger charge is -2.14. The van der Waals surface area contributed by atoms with E-state index in [2.05, 4.69) is 87.2 Å². The van der Waals surface area contributed by atoms with Gasteiger partial charge in [0.15, 0.2) is 0 Å². The standard InChI is InChI=1S/C31H30N4O/c36-31-27(28(20-32-31)25-6-2-1-3-7-25)18-24-12-14-26-29(33-34-30(26)19-24)15-13-22-8-10-23(11-9-22)21-35-16-4-5-17-35/h1-3,6-15,18-19,28H,4-5,16-17,20-21H2,(H,32,36)(H,33,34). The maximum absolute atomic E-state index is 12.5. The minimum absolute atomic E-state index is 0.00336. The normalized spacial score (nSPS) is 19.6. The first-order valence-corrected chi connectivity index (χ1v) is 12.8. The Kier molecular flexibility index (Phi) is 6.22. The van der Waals surface area contributed by atoms with Crippen molar-refractivity contribution in [2.24, 2.45) is 0 Å². The number of hydrogen-bond acceptors (Lipinski definition) is 3. The minimum atomic E-state index is 0.00336. The molecule has 5 nitrogen and oxygen atoms in total. The number of likely N-dealkylation sites (tertiary alicyclic amines) is 1. The van der Waals surface area contributed by atoms with Crippen molar-refractivity contribution in [2.45, 2.75) is 25.3 Å². The van der Waals surface area contributed by atoms with Crippen LogP contribution in [0.4, 0.5) is 0 Å². The molecule has 0 aliphatic carbocycles. The molecule has 3 heterocycles. The van der Waals surface area contributed by atoms with Crippen molar-refractivity contribution in [3.63, 3.8) is 0 Å². The summed E-state index contributed by atoms with van der Waals surface area (Å²) in [5, 5.41) is 11.7. The van der Waals surface area contributed by atoms with Crippen molar-refractivity contribution in [3.05, 3.63) is 106 Å². The molecular weight excluding hydrogens is 444 g/mol. The number of nitrogens with zero attached hydrogens (tertiary/aromatic N) is 2. The SMILES string of the molecule is O=C1NCC(c2ccccc2)C1=Cc1ccc2c(C=Cc3ccc(CN4CCCC4)cc3)n[nH]c2c1. The second-order valence-electron chi connectivity index (χ2n) is 9.75. The van der Waals surface area contributed by atoms with Crippen molar-refractivity contribution >= 4 is 35.0 Å². The smallest absolute Gasteiger partial charge is 0.247 e. The van der Waals surface area contributed by atoms with E-state index in [1.807, 2.05) is 24.3 Å². The highest BCUT2D eigenvalue weighted by atomic mass is 16.2. The van der Waals surface area contributed by atoms with Crippen molar-refractivity contribution in [1.82, 2.24) is 20.4 Å². The van der Waals surface area contributed by atoms with Crippen molar-refractivity contribution < 1.29 is 4.79 Å². The molecule has 0 saturated carbocycles. The molecule has 0 bridgehead atoms. The molecular formula is C31H30N4O. The number of rotatable bonds is 6. The summed E-state index contributed by atoms with van der Waals surface area (Å²) < 4.78 is 0. The molecule has 0 radical (unpaired) electrons. The first kappa shape index (κ1) is 22.5. The van der Waals surface area contributed by atoms with Crippen LogP contribution in [0.25, 0.3) is 29.1 Å². The predicted molar refractivity (Wildman–Crippen MR) is 146 cm³/mol. The summed E-state index contributed by atoms with van der Waals surface area (Å²) in [5.74, 6) is 0.0695. The monoisotopic (exact) mass is 474 g/mol. The molecule has 2 aliphatic rings. The zero-order chi connectivity index (χ0) is 24.3. The largest absolute Gasteiger partial charge is 0.351 e. The fraction of sp³-hybridized carbons (Fsp3) is 0.226. The predicted octanol–water partition coefficient (Wildman–Crippen LogP) is 5.63. The highest BCUT2D eigenvalue weighted by Crippen LogP contribution is 2.30. The molecule has 1 atom stereocenters. The number of carbonyl (C=O) groups excluding carboxylic acids is 1. The van der Waals surface area contributed by atoms with Gasteiger partial charge in [-0.05, 0) is 72.5 Å². The van der Waals surface area contributed by atoms with Crippen LogP contribution >= 0.6 is 0 Å². The van der Waals surface area contributed by atoms with E-state index in [0.717, 1.165) is 45.4 Å². The van der Waals surface area contributed by atoms with Gasteiger partial charge in [0.25, 0.3) is 0 Å². The molecule has 2 N–H and O–H groups in total. The van der Waals surface area contributed by atoms with E-state index in [9.17, 15) is 4.79 Å². The molecule has 1 amide bonds. The Morgan fingerprint density at radius 2 is 1.69 bits per heavy atom. The van der Waals surface area contributed by atoms with Gasteiger partial charge in [-0.15, -0.1) is 0 Å². The third-order valence-corrected chi connectivity index (χ3v) is 7.26. The van der Waals surface area contributed by atoms with Crippen molar-refractivity contribution in [2.75, 3.05) is 19.6 Å². The highest BCUT2D eigenvalue weighted by molar-refractivity contribution is 6.02. The summed E-state index contributed by atoms with van der Waals surface area (Å²) in [6.07, 6.45) is 8.81. The molecule has 2 saturated heterocycles. The van der Waals surface area contributed by atoms with Gasteiger partial charge in [-0.25, -0.2) is 0 Å². The lowest BCUT2D eigenvalue weighted by molar-refractivity contribution is -0.116. The molecule has 6 rings (SSSR count). The second-order valence-corrected chi connectivity index (χ2v) is 9.75. The molecule has 1 unspecified atom stereocenters. The van der Waals surface area contributed by atoms with E-state index in [1.165, 1.54) is 31.5 Å². The van der Waals surface area contributed by atoms with Gasteiger partial charge in [0, 0.05) is 30.0 Å². The zero-order valence-corrected chi connectivity index (χ0v) is 20.3. The Balaban J connectivity index is 1.19. The summed E-state index contributed by atoms with van der Waals surface area (Å²) in [6, 6.07) is 25.2. The fourth-order valence-corrected chi connectivity index (χ4v) is 5.28. The van der Waals surface area contributed by atoms with Crippen molar-refractivity contribution in [3.8, 4) is 0 Å². The minimum Gasteiger partial charge on any atom is -0.351 e. The van der Waals surface area contributed by atoms with Crippen molar-refractivity contribution in [1.29, 1.82) is 0 Å². The summed E-state index contributed by atoms with van der Waals surface area (Å²) in [6.45, 7) is 4.11. The Morgan fingerprint density at radius 3 is 2.50 bits per heavy atom.